The molecule has 1 aromatic rings. The van der Waals surface area contributed by atoms with E-state index in [2.05, 4.69) is 32.9 Å². The van der Waals surface area contributed by atoms with Crippen LogP contribution in [0.15, 0.2) is 36.4 Å². The first-order valence-electron chi connectivity index (χ1n) is 6.26. The molecule has 0 saturated heterocycles. The first-order valence-corrected chi connectivity index (χ1v) is 6.26. The molecule has 0 N–H and O–H groups in total. The van der Waals surface area contributed by atoms with E-state index in [9.17, 15) is 0 Å². The second-order valence-electron chi connectivity index (χ2n) is 5.58. The summed E-state index contributed by atoms with van der Waals surface area (Å²) in [5, 5.41) is 1.93. The van der Waals surface area contributed by atoms with Crippen molar-refractivity contribution in [2.45, 2.75) is 26.9 Å². The number of nitrogens with zero attached hydrogens (tertiary/aromatic N) is 1. The van der Waals surface area contributed by atoms with Crippen molar-refractivity contribution in [3.8, 4) is 5.75 Å². The summed E-state index contributed by atoms with van der Waals surface area (Å²) in [4.78, 5) is 6.02. The topological polar surface area (TPSA) is 21.7 Å². The number of rotatable bonds is 2. The summed E-state index contributed by atoms with van der Waals surface area (Å²) in [5.74, 6) is 0.860. The average molecular weight is 247 g/mol. The molecule has 0 aliphatic carbocycles. The van der Waals surface area contributed by atoms with E-state index in [1.165, 1.54) is 0 Å². The van der Waals surface area contributed by atoms with Gasteiger partial charge in [-0.3, -0.25) is 4.84 Å². The number of anilines is 1. The minimum atomic E-state index is 0.0988. The average Bonchev–Trinajstić information content (AvgIpc) is 2.38. The molecule has 0 radical (unpaired) electrons. The number of methoxy groups -OCH3 is 1. The van der Waals surface area contributed by atoms with Crippen LogP contribution in [0.2, 0.25) is 0 Å². The Hall–Kier alpha value is -1.48. The highest BCUT2D eigenvalue weighted by molar-refractivity contribution is 5.48. The zero-order valence-corrected chi connectivity index (χ0v) is 11.5. The standard InChI is InChI=1S/C15H21NO2/c1-15(2,3)14-6-5-11-16(18-14)12-7-9-13(17-4)10-8-12/h5-10,14H,11H2,1-4H3/t14-/m0/s1. The largest absolute Gasteiger partial charge is 0.497 e. The molecule has 0 unspecified atom stereocenters. The Morgan fingerprint density at radius 2 is 1.89 bits per heavy atom. The van der Waals surface area contributed by atoms with Crippen LogP contribution in [0.5, 0.6) is 5.75 Å². The van der Waals surface area contributed by atoms with Crippen LogP contribution < -0.4 is 9.80 Å². The van der Waals surface area contributed by atoms with E-state index in [1.807, 2.05) is 29.3 Å². The molecular weight excluding hydrogens is 226 g/mol. The van der Waals surface area contributed by atoms with Gasteiger partial charge in [0.25, 0.3) is 0 Å². The number of ether oxygens (including phenoxy) is 1. The van der Waals surface area contributed by atoms with Gasteiger partial charge in [0.1, 0.15) is 11.9 Å². The summed E-state index contributed by atoms with van der Waals surface area (Å²) in [6.45, 7) is 7.32. The molecule has 1 aromatic carbocycles. The van der Waals surface area contributed by atoms with Crippen molar-refractivity contribution < 1.29 is 9.57 Å². The van der Waals surface area contributed by atoms with Crippen molar-refractivity contribution in [3.05, 3.63) is 36.4 Å². The number of hydrogen-bond acceptors (Lipinski definition) is 3. The van der Waals surface area contributed by atoms with Crippen molar-refractivity contribution in [1.82, 2.24) is 0 Å². The molecule has 3 nitrogen and oxygen atoms in total. The molecule has 0 saturated carbocycles. The highest BCUT2D eigenvalue weighted by Crippen LogP contribution is 2.29. The van der Waals surface area contributed by atoms with E-state index >= 15 is 0 Å². The van der Waals surface area contributed by atoms with Crippen LogP contribution in [0.3, 0.4) is 0 Å². The molecule has 1 atom stereocenters. The Morgan fingerprint density at radius 1 is 1.22 bits per heavy atom. The molecule has 3 heteroatoms. The van der Waals surface area contributed by atoms with Crippen molar-refractivity contribution in [1.29, 1.82) is 0 Å². The van der Waals surface area contributed by atoms with Gasteiger partial charge in [0, 0.05) is 0 Å². The smallest absolute Gasteiger partial charge is 0.119 e. The third kappa shape index (κ3) is 2.85. The second-order valence-corrected chi connectivity index (χ2v) is 5.58. The summed E-state index contributed by atoms with van der Waals surface area (Å²) >= 11 is 0. The molecule has 1 aliphatic heterocycles. The SMILES string of the molecule is COc1ccc(N2CC=C[C@@H](C(C)(C)C)O2)cc1. The van der Waals surface area contributed by atoms with Crippen LogP contribution in [0, 0.1) is 5.41 Å². The molecule has 0 bridgehead atoms. The van der Waals surface area contributed by atoms with E-state index in [4.69, 9.17) is 9.57 Å². The van der Waals surface area contributed by atoms with Gasteiger partial charge in [0.05, 0.1) is 19.3 Å². The van der Waals surface area contributed by atoms with Crippen molar-refractivity contribution in [2.24, 2.45) is 5.41 Å². The molecule has 1 aliphatic rings. The Balaban J connectivity index is 2.12. The predicted octanol–water partition coefficient (Wildman–Crippen LogP) is 3.42. The quantitative estimate of drug-likeness (QED) is 0.747. The minimum Gasteiger partial charge on any atom is -0.497 e. The molecule has 1 heterocycles. The lowest BCUT2D eigenvalue weighted by Gasteiger charge is -2.36. The molecule has 98 valence electrons. The maximum Gasteiger partial charge on any atom is 0.119 e. The first kappa shape index (κ1) is 13.0. The third-order valence-corrected chi connectivity index (χ3v) is 3.04. The number of benzene rings is 1. The van der Waals surface area contributed by atoms with Crippen LogP contribution in [-0.4, -0.2) is 19.8 Å². The molecule has 0 amide bonds. The second kappa shape index (κ2) is 5.02. The number of hydrogen-bond donors (Lipinski definition) is 0. The van der Waals surface area contributed by atoms with E-state index in [1.54, 1.807) is 7.11 Å². The Bertz CT molecular complexity index is 417. The molecule has 18 heavy (non-hydrogen) atoms. The van der Waals surface area contributed by atoms with Gasteiger partial charge in [-0.1, -0.05) is 32.9 Å². The summed E-state index contributed by atoms with van der Waals surface area (Å²) in [6.07, 6.45) is 4.40. The normalized spacial score (nSPS) is 20.0. The number of hydroxylamine groups is 1. The van der Waals surface area contributed by atoms with Gasteiger partial charge in [0.15, 0.2) is 0 Å². The monoisotopic (exact) mass is 247 g/mol. The molecule has 0 aromatic heterocycles. The van der Waals surface area contributed by atoms with Gasteiger partial charge >= 0.3 is 0 Å². The van der Waals surface area contributed by atoms with Gasteiger partial charge in [-0.05, 0) is 29.7 Å². The molecule has 0 spiro atoms. The minimum absolute atomic E-state index is 0.0988. The lowest BCUT2D eigenvalue weighted by Crippen LogP contribution is -2.39. The van der Waals surface area contributed by atoms with Crippen molar-refractivity contribution >= 4 is 5.69 Å². The Kier molecular flexibility index (Phi) is 3.62. The predicted molar refractivity (Wildman–Crippen MR) is 73.8 cm³/mol. The van der Waals surface area contributed by atoms with Crippen LogP contribution >= 0.6 is 0 Å². The zero-order chi connectivity index (χ0) is 13.2. The molecule has 2 rings (SSSR count). The maximum atomic E-state index is 6.02. The van der Waals surface area contributed by atoms with E-state index in [0.717, 1.165) is 18.0 Å². The van der Waals surface area contributed by atoms with Crippen LogP contribution in [0.25, 0.3) is 0 Å². The first-order chi connectivity index (χ1) is 8.50. The lowest BCUT2D eigenvalue weighted by atomic mass is 9.88. The highest BCUT2D eigenvalue weighted by atomic mass is 16.7. The zero-order valence-electron chi connectivity index (χ0n) is 11.5. The summed E-state index contributed by atoms with van der Waals surface area (Å²) in [7, 11) is 1.67. The summed E-state index contributed by atoms with van der Waals surface area (Å²) in [6, 6.07) is 7.92. The van der Waals surface area contributed by atoms with Crippen molar-refractivity contribution in [3.63, 3.8) is 0 Å². The Labute approximate surface area is 109 Å². The van der Waals surface area contributed by atoms with Crippen LogP contribution in [0.1, 0.15) is 20.8 Å². The van der Waals surface area contributed by atoms with E-state index in [-0.39, 0.29) is 11.5 Å². The molecule has 0 fully saturated rings. The van der Waals surface area contributed by atoms with Crippen molar-refractivity contribution in [2.75, 3.05) is 18.7 Å². The fraction of sp³-hybridized carbons (Fsp3) is 0.467. The van der Waals surface area contributed by atoms with Gasteiger partial charge in [-0.25, -0.2) is 5.06 Å². The Morgan fingerprint density at radius 3 is 2.44 bits per heavy atom. The fourth-order valence-corrected chi connectivity index (χ4v) is 1.86. The van der Waals surface area contributed by atoms with E-state index in [0.29, 0.717) is 0 Å². The lowest BCUT2D eigenvalue weighted by molar-refractivity contribution is -0.00542. The third-order valence-electron chi connectivity index (χ3n) is 3.04. The summed E-state index contributed by atoms with van der Waals surface area (Å²) in [5.41, 5.74) is 1.15. The van der Waals surface area contributed by atoms with Crippen LogP contribution in [-0.2, 0) is 4.84 Å². The summed E-state index contributed by atoms with van der Waals surface area (Å²) < 4.78 is 5.16. The maximum absolute atomic E-state index is 6.02. The van der Waals surface area contributed by atoms with E-state index < -0.39 is 0 Å². The van der Waals surface area contributed by atoms with Gasteiger partial charge in [0.2, 0.25) is 0 Å². The van der Waals surface area contributed by atoms with Crippen LogP contribution in [0.4, 0.5) is 5.69 Å². The van der Waals surface area contributed by atoms with Gasteiger partial charge in [-0.15, -0.1) is 0 Å². The highest BCUT2D eigenvalue weighted by Gasteiger charge is 2.28. The van der Waals surface area contributed by atoms with Gasteiger partial charge in [-0.2, -0.15) is 0 Å². The molecular formula is C15H21NO2. The fourth-order valence-electron chi connectivity index (χ4n) is 1.86. The van der Waals surface area contributed by atoms with Gasteiger partial charge < -0.3 is 4.74 Å².